The summed E-state index contributed by atoms with van der Waals surface area (Å²) in [5.41, 5.74) is 0. The molecule has 2 rings (SSSR count). The molecule has 1 aliphatic heterocycles. The number of hydrogen-bond donors (Lipinski definition) is 2. The molecule has 102 valence electrons. The van der Waals surface area contributed by atoms with Crippen LogP contribution in [0.4, 0.5) is 0 Å². The topological polar surface area (TPSA) is 50.4 Å². The Morgan fingerprint density at radius 2 is 2.44 bits per heavy atom. The maximum atomic E-state index is 11.7. The second kappa shape index (κ2) is 7.74. The van der Waals surface area contributed by atoms with Gasteiger partial charge in [0.2, 0.25) is 5.91 Å². The summed E-state index contributed by atoms with van der Waals surface area (Å²) in [5, 5.41) is 6.14. The molecular formula is C12H19ClN2O2S. The normalized spacial score (nSPS) is 19.1. The molecule has 0 radical (unpaired) electrons. The molecule has 6 heteroatoms. The van der Waals surface area contributed by atoms with Crippen molar-refractivity contribution in [1.82, 2.24) is 10.6 Å². The Morgan fingerprint density at radius 1 is 1.61 bits per heavy atom. The highest BCUT2D eigenvalue weighted by Gasteiger charge is 2.16. The lowest BCUT2D eigenvalue weighted by molar-refractivity contribution is -0.124. The molecule has 4 nitrogen and oxygen atoms in total. The largest absolute Gasteiger partial charge is 0.375 e. The molecule has 1 aliphatic rings. The van der Waals surface area contributed by atoms with Crippen LogP contribution in [-0.4, -0.2) is 31.7 Å². The van der Waals surface area contributed by atoms with Crippen LogP contribution in [0.25, 0.3) is 0 Å². The molecule has 1 aromatic rings. The molecule has 1 fully saturated rings. The third-order valence-corrected chi connectivity index (χ3v) is 3.67. The molecule has 0 spiro atoms. The minimum atomic E-state index is 0. The Hall–Kier alpha value is -0.620. The molecule has 1 amide bonds. The first kappa shape index (κ1) is 15.4. The fourth-order valence-corrected chi connectivity index (χ4v) is 2.63. The van der Waals surface area contributed by atoms with Gasteiger partial charge in [-0.05, 0) is 19.1 Å². The van der Waals surface area contributed by atoms with E-state index in [-0.39, 0.29) is 24.4 Å². The van der Waals surface area contributed by atoms with Gasteiger partial charge in [-0.1, -0.05) is 0 Å². The quantitative estimate of drug-likeness (QED) is 0.883. The first-order valence-electron chi connectivity index (χ1n) is 5.88. The Balaban J connectivity index is 0.00000162. The third kappa shape index (κ3) is 4.94. The average Bonchev–Trinajstić information content (AvgIpc) is 2.74. The zero-order valence-corrected chi connectivity index (χ0v) is 12.0. The molecule has 18 heavy (non-hydrogen) atoms. The standard InChI is InChI=1S/C12H18N2O2S.ClH/c1-9-2-3-11(17-9)8-14-12(15)6-10-7-13-4-5-16-10;/h2-3,10,13H,4-8H2,1H3,(H,14,15);1H. The first-order valence-corrected chi connectivity index (χ1v) is 6.70. The van der Waals surface area contributed by atoms with E-state index in [1.807, 2.05) is 0 Å². The van der Waals surface area contributed by atoms with Crippen LogP contribution < -0.4 is 10.6 Å². The van der Waals surface area contributed by atoms with E-state index in [1.165, 1.54) is 9.75 Å². The van der Waals surface area contributed by atoms with Gasteiger partial charge in [-0.15, -0.1) is 23.7 Å². The Kier molecular flexibility index (Phi) is 6.63. The van der Waals surface area contributed by atoms with E-state index in [4.69, 9.17) is 4.74 Å². The van der Waals surface area contributed by atoms with E-state index in [9.17, 15) is 4.79 Å². The van der Waals surface area contributed by atoms with Gasteiger partial charge in [-0.25, -0.2) is 0 Å². The lowest BCUT2D eigenvalue weighted by Gasteiger charge is -2.22. The number of rotatable bonds is 4. The summed E-state index contributed by atoms with van der Waals surface area (Å²) in [6.07, 6.45) is 0.464. The van der Waals surface area contributed by atoms with Gasteiger partial charge in [0, 0.05) is 22.8 Å². The summed E-state index contributed by atoms with van der Waals surface area (Å²) in [4.78, 5) is 14.1. The number of nitrogens with one attached hydrogen (secondary N) is 2. The summed E-state index contributed by atoms with van der Waals surface area (Å²) >= 11 is 1.72. The SMILES string of the molecule is Cc1ccc(CNC(=O)CC2CNCCO2)s1.Cl. The van der Waals surface area contributed by atoms with Crippen molar-refractivity contribution < 1.29 is 9.53 Å². The zero-order valence-electron chi connectivity index (χ0n) is 10.4. The fourth-order valence-electron chi connectivity index (χ4n) is 1.80. The van der Waals surface area contributed by atoms with Gasteiger partial charge < -0.3 is 15.4 Å². The number of aryl methyl sites for hydroxylation is 1. The maximum absolute atomic E-state index is 11.7. The number of ether oxygens (including phenoxy) is 1. The van der Waals surface area contributed by atoms with Gasteiger partial charge in [0.1, 0.15) is 0 Å². The van der Waals surface area contributed by atoms with E-state index in [1.54, 1.807) is 11.3 Å². The minimum Gasteiger partial charge on any atom is -0.375 e. The first-order chi connectivity index (χ1) is 8.24. The van der Waals surface area contributed by atoms with E-state index < -0.39 is 0 Å². The highest BCUT2D eigenvalue weighted by Crippen LogP contribution is 2.14. The number of carbonyl (C=O) groups excluding carboxylic acids is 1. The highest BCUT2D eigenvalue weighted by molar-refractivity contribution is 7.11. The molecule has 1 atom stereocenters. The molecule has 1 aromatic heterocycles. The third-order valence-electron chi connectivity index (χ3n) is 2.67. The Labute approximate surface area is 118 Å². The number of morpholine rings is 1. The number of amides is 1. The Bertz CT molecular complexity index is 378. The minimum absolute atomic E-state index is 0. The van der Waals surface area contributed by atoms with Crippen LogP contribution in [0.15, 0.2) is 12.1 Å². The van der Waals surface area contributed by atoms with Crippen LogP contribution >= 0.6 is 23.7 Å². The van der Waals surface area contributed by atoms with Crippen molar-refractivity contribution in [3.8, 4) is 0 Å². The molecule has 1 unspecified atom stereocenters. The smallest absolute Gasteiger partial charge is 0.222 e. The van der Waals surface area contributed by atoms with Crippen molar-refractivity contribution in [3.63, 3.8) is 0 Å². The van der Waals surface area contributed by atoms with Gasteiger partial charge in [-0.3, -0.25) is 4.79 Å². The molecule has 2 N–H and O–H groups in total. The number of halogens is 1. The monoisotopic (exact) mass is 290 g/mol. The number of carbonyl (C=O) groups is 1. The maximum Gasteiger partial charge on any atom is 0.222 e. The predicted octanol–water partition coefficient (Wildman–Crippen LogP) is 1.47. The van der Waals surface area contributed by atoms with Crippen LogP contribution in [0.5, 0.6) is 0 Å². The number of hydrogen-bond acceptors (Lipinski definition) is 4. The van der Waals surface area contributed by atoms with E-state index in [2.05, 4.69) is 29.7 Å². The van der Waals surface area contributed by atoms with Crippen molar-refractivity contribution in [1.29, 1.82) is 0 Å². The highest BCUT2D eigenvalue weighted by atomic mass is 35.5. The van der Waals surface area contributed by atoms with Crippen LogP contribution in [0, 0.1) is 6.92 Å². The lowest BCUT2D eigenvalue weighted by Crippen LogP contribution is -2.41. The van der Waals surface area contributed by atoms with Crippen molar-refractivity contribution in [3.05, 3.63) is 21.9 Å². The summed E-state index contributed by atoms with van der Waals surface area (Å²) in [5.74, 6) is 0.0600. The predicted molar refractivity (Wildman–Crippen MR) is 75.4 cm³/mol. The van der Waals surface area contributed by atoms with Crippen molar-refractivity contribution in [2.24, 2.45) is 0 Å². The van der Waals surface area contributed by atoms with Crippen molar-refractivity contribution >= 4 is 29.7 Å². The van der Waals surface area contributed by atoms with Gasteiger partial charge >= 0.3 is 0 Å². The second-order valence-corrected chi connectivity index (χ2v) is 5.56. The molecule has 0 aromatic carbocycles. The summed E-state index contributed by atoms with van der Waals surface area (Å²) in [7, 11) is 0. The molecule has 2 heterocycles. The van der Waals surface area contributed by atoms with Gasteiger partial charge in [0.25, 0.3) is 0 Å². The van der Waals surface area contributed by atoms with E-state index in [0.717, 1.165) is 13.1 Å². The average molecular weight is 291 g/mol. The fraction of sp³-hybridized carbons (Fsp3) is 0.583. The van der Waals surface area contributed by atoms with E-state index in [0.29, 0.717) is 19.6 Å². The lowest BCUT2D eigenvalue weighted by atomic mass is 10.2. The van der Waals surface area contributed by atoms with E-state index >= 15 is 0 Å². The second-order valence-electron chi connectivity index (χ2n) is 4.19. The van der Waals surface area contributed by atoms with Gasteiger partial charge in [0.15, 0.2) is 0 Å². The van der Waals surface area contributed by atoms with Crippen LogP contribution in [-0.2, 0) is 16.1 Å². The zero-order chi connectivity index (χ0) is 12.1. The van der Waals surface area contributed by atoms with Crippen LogP contribution in [0.1, 0.15) is 16.2 Å². The Morgan fingerprint density at radius 3 is 3.06 bits per heavy atom. The molecular weight excluding hydrogens is 272 g/mol. The number of thiophene rings is 1. The molecule has 0 aliphatic carbocycles. The van der Waals surface area contributed by atoms with Gasteiger partial charge in [0.05, 0.1) is 25.7 Å². The van der Waals surface area contributed by atoms with Crippen LogP contribution in [0.3, 0.4) is 0 Å². The summed E-state index contributed by atoms with van der Waals surface area (Å²) in [6.45, 7) is 5.04. The van der Waals surface area contributed by atoms with Crippen LogP contribution in [0.2, 0.25) is 0 Å². The molecule has 1 saturated heterocycles. The molecule has 0 saturated carbocycles. The van der Waals surface area contributed by atoms with Gasteiger partial charge in [-0.2, -0.15) is 0 Å². The van der Waals surface area contributed by atoms with Crippen molar-refractivity contribution in [2.45, 2.75) is 26.0 Å². The summed E-state index contributed by atoms with van der Waals surface area (Å²) in [6, 6.07) is 4.12. The molecule has 0 bridgehead atoms. The summed E-state index contributed by atoms with van der Waals surface area (Å²) < 4.78 is 5.48. The van der Waals surface area contributed by atoms with Crippen molar-refractivity contribution in [2.75, 3.05) is 19.7 Å².